The molecule has 1 saturated heterocycles. The second kappa shape index (κ2) is 9.82. The van der Waals surface area contributed by atoms with Crippen molar-refractivity contribution in [2.24, 2.45) is 10.9 Å². The Morgan fingerprint density at radius 2 is 2.12 bits per heavy atom. The second-order valence-corrected chi connectivity index (χ2v) is 6.97. The molecule has 0 radical (unpaired) electrons. The number of fused-ring (bicyclic) bond motifs is 1. The van der Waals surface area contributed by atoms with Gasteiger partial charge in [0, 0.05) is 39.7 Å². The number of hydrogen-bond acceptors (Lipinski definition) is 4. The fraction of sp³-hybridized carbons (Fsp3) is 0.588. The third-order valence-corrected chi connectivity index (χ3v) is 4.83. The number of guanidine groups is 1. The molecule has 140 valence electrons. The van der Waals surface area contributed by atoms with Crippen molar-refractivity contribution >= 4 is 45.9 Å². The molecule has 0 spiro atoms. The molecule has 6 nitrogen and oxygen atoms in total. The van der Waals surface area contributed by atoms with Crippen LogP contribution in [0, 0.1) is 5.92 Å². The van der Waals surface area contributed by atoms with Crippen LogP contribution in [0.15, 0.2) is 21.6 Å². The number of nitrogens with zero attached hydrogens (tertiary/aromatic N) is 2. The summed E-state index contributed by atoms with van der Waals surface area (Å²) in [5.74, 6) is 3.04. The molecule has 0 aromatic heterocycles. The molecule has 2 aliphatic rings. The Morgan fingerprint density at radius 1 is 1.32 bits per heavy atom. The first-order chi connectivity index (χ1) is 11.7. The minimum Gasteiger partial charge on any atom is -0.486 e. The summed E-state index contributed by atoms with van der Waals surface area (Å²) in [6.45, 7) is 4.51. The van der Waals surface area contributed by atoms with Crippen LogP contribution in [0.5, 0.6) is 11.5 Å². The van der Waals surface area contributed by atoms with Gasteiger partial charge >= 0.3 is 0 Å². The third-order valence-electron chi connectivity index (χ3n) is 4.24. The molecule has 1 fully saturated rings. The summed E-state index contributed by atoms with van der Waals surface area (Å²) in [6.07, 6.45) is 1.12. The summed E-state index contributed by atoms with van der Waals surface area (Å²) < 4.78 is 17.7. The van der Waals surface area contributed by atoms with E-state index in [0.717, 1.165) is 53.7 Å². The van der Waals surface area contributed by atoms with Gasteiger partial charge in [0.25, 0.3) is 0 Å². The standard InChI is InChI=1S/C17H24BrN3O3.HI/c1-19-17(21(2)10-12-3-4-22-11-12)20-9-13-7-14(18)16-15(8-13)23-5-6-24-16;/h7-8,12H,3-6,9-11H2,1-2H3,(H,19,20);1H. The van der Waals surface area contributed by atoms with E-state index in [-0.39, 0.29) is 24.0 Å². The van der Waals surface area contributed by atoms with Gasteiger partial charge in [-0.25, -0.2) is 0 Å². The Hall–Kier alpha value is -0.740. The highest BCUT2D eigenvalue weighted by Gasteiger charge is 2.20. The third kappa shape index (κ3) is 5.37. The van der Waals surface area contributed by atoms with E-state index in [9.17, 15) is 0 Å². The summed E-state index contributed by atoms with van der Waals surface area (Å²) in [5.41, 5.74) is 1.12. The van der Waals surface area contributed by atoms with Gasteiger partial charge in [0.2, 0.25) is 0 Å². The van der Waals surface area contributed by atoms with Crippen LogP contribution in [-0.2, 0) is 11.3 Å². The Morgan fingerprint density at radius 3 is 2.84 bits per heavy atom. The van der Waals surface area contributed by atoms with Gasteiger partial charge in [0.15, 0.2) is 17.5 Å². The first-order valence-electron chi connectivity index (χ1n) is 8.25. The number of aliphatic imine (C=N–C) groups is 1. The minimum absolute atomic E-state index is 0. The van der Waals surface area contributed by atoms with Crippen LogP contribution in [0.25, 0.3) is 0 Å². The van der Waals surface area contributed by atoms with Gasteiger partial charge in [-0.05, 0) is 40.0 Å². The maximum absolute atomic E-state index is 5.68. The number of ether oxygens (including phenoxy) is 3. The van der Waals surface area contributed by atoms with Crippen molar-refractivity contribution in [3.8, 4) is 11.5 Å². The molecule has 3 rings (SSSR count). The molecule has 8 heteroatoms. The molecule has 1 N–H and O–H groups in total. The summed E-state index contributed by atoms with van der Waals surface area (Å²) >= 11 is 3.56. The largest absolute Gasteiger partial charge is 0.486 e. The lowest BCUT2D eigenvalue weighted by Gasteiger charge is -2.25. The number of benzene rings is 1. The van der Waals surface area contributed by atoms with E-state index in [1.807, 2.05) is 13.1 Å². The van der Waals surface area contributed by atoms with Crippen LogP contribution in [0.2, 0.25) is 0 Å². The predicted molar refractivity (Wildman–Crippen MR) is 112 cm³/mol. The van der Waals surface area contributed by atoms with Crippen LogP contribution in [0.3, 0.4) is 0 Å². The van der Waals surface area contributed by atoms with Crippen LogP contribution in [0.1, 0.15) is 12.0 Å². The topological polar surface area (TPSA) is 55.3 Å². The lowest BCUT2D eigenvalue weighted by atomic mass is 10.1. The fourth-order valence-corrected chi connectivity index (χ4v) is 3.64. The first-order valence-corrected chi connectivity index (χ1v) is 9.04. The van der Waals surface area contributed by atoms with E-state index in [1.54, 1.807) is 0 Å². The van der Waals surface area contributed by atoms with E-state index in [1.165, 1.54) is 0 Å². The molecule has 2 heterocycles. The zero-order valence-electron chi connectivity index (χ0n) is 14.6. The van der Waals surface area contributed by atoms with Crippen molar-refractivity contribution in [3.05, 3.63) is 22.2 Å². The van der Waals surface area contributed by atoms with Crippen molar-refractivity contribution in [3.63, 3.8) is 0 Å². The quantitative estimate of drug-likeness (QED) is 0.372. The molecular weight excluding hydrogens is 501 g/mol. The molecule has 0 aliphatic carbocycles. The zero-order valence-corrected chi connectivity index (χ0v) is 18.5. The molecule has 2 aliphatic heterocycles. The molecule has 1 atom stereocenters. The van der Waals surface area contributed by atoms with Crippen molar-refractivity contribution in [1.29, 1.82) is 0 Å². The van der Waals surface area contributed by atoms with E-state index in [2.05, 4.69) is 44.3 Å². The summed E-state index contributed by atoms with van der Waals surface area (Å²) in [5, 5.41) is 3.41. The predicted octanol–water partition coefficient (Wildman–Crippen LogP) is 2.88. The van der Waals surface area contributed by atoms with Gasteiger partial charge in [0.05, 0.1) is 11.1 Å². The molecule has 25 heavy (non-hydrogen) atoms. The van der Waals surface area contributed by atoms with Gasteiger partial charge in [0.1, 0.15) is 13.2 Å². The van der Waals surface area contributed by atoms with Gasteiger partial charge in [-0.2, -0.15) is 0 Å². The molecule has 1 unspecified atom stereocenters. The summed E-state index contributed by atoms with van der Waals surface area (Å²) in [6, 6.07) is 4.07. The maximum Gasteiger partial charge on any atom is 0.193 e. The molecule has 0 saturated carbocycles. The van der Waals surface area contributed by atoms with Crippen molar-refractivity contribution in [2.45, 2.75) is 13.0 Å². The average Bonchev–Trinajstić information content (AvgIpc) is 3.08. The Kier molecular flexibility index (Phi) is 8.08. The van der Waals surface area contributed by atoms with Gasteiger partial charge in [-0.15, -0.1) is 24.0 Å². The zero-order chi connectivity index (χ0) is 16.9. The van der Waals surface area contributed by atoms with Crippen molar-refractivity contribution < 1.29 is 14.2 Å². The van der Waals surface area contributed by atoms with Crippen molar-refractivity contribution in [2.75, 3.05) is 47.1 Å². The number of nitrogens with one attached hydrogen (secondary N) is 1. The van der Waals surface area contributed by atoms with Crippen LogP contribution in [0.4, 0.5) is 0 Å². The summed E-state index contributed by atoms with van der Waals surface area (Å²) in [7, 11) is 3.87. The number of rotatable bonds is 4. The van der Waals surface area contributed by atoms with E-state index in [4.69, 9.17) is 14.2 Å². The molecule has 0 bridgehead atoms. The maximum atomic E-state index is 5.68. The minimum atomic E-state index is 0. The average molecular weight is 526 g/mol. The SMILES string of the molecule is CN=C(NCc1cc(Br)c2c(c1)OCCO2)N(C)CC1CCOC1.I. The lowest BCUT2D eigenvalue weighted by Crippen LogP contribution is -2.41. The Balaban J connectivity index is 0.00000225. The first kappa shape index (κ1) is 20.6. The van der Waals surface area contributed by atoms with E-state index >= 15 is 0 Å². The van der Waals surface area contributed by atoms with Crippen LogP contribution < -0.4 is 14.8 Å². The molecular formula is C17H25BrIN3O3. The number of hydrogen-bond donors (Lipinski definition) is 1. The monoisotopic (exact) mass is 525 g/mol. The number of halogens is 2. The molecule has 1 aromatic rings. The van der Waals surface area contributed by atoms with Crippen LogP contribution >= 0.6 is 39.9 Å². The van der Waals surface area contributed by atoms with Gasteiger partial charge in [-0.1, -0.05) is 0 Å². The Bertz CT molecular complexity index is 609. The van der Waals surface area contributed by atoms with Crippen molar-refractivity contribution in [1.82, 2.24) is 10.2 Å². The van der Waals surface area contributed by atoms with E-state index < -0.39 is 0 Å². The fourth-order valence-electron chi connectivity index (χ4n) is 3.03. The van der Waals surface area contributed by atoms with E-state index in [0.29, 0.717) is 25.7 Å². The highest BCUT2D eigenvalue weighted by atomic mass is 127. The van der Waals surface area contributed by atoms with Crippen LogP contribution in [-0.4, -0.2) is 57.9 Å². The normalized spacial score (nSPS) is 19.3. The van der Waals surface area contributed by atoms with Gasteiger partial charge in [-0.3, -0.25) is 4.99 Å². The highest BCUT2D eigenvalue weighted by Crippen LogP contribution is 2.38. The Labute approximate surface area is 174 Å². The second-order valence-electron chi connectivity index (χ2n) is 6.11. The highest BCUT2D eigenvalue weighted by molar-refractivity contribution is 14.0. The molecule has 1 aromatic carbocycles. The summed E-state index contributed by atoms with van der Waals surface area (Å²) in [4.78, 5) is 6.54. The smallest absolute Gasteiger partial charge is 0.193 e. The van der Waals surface area contributed by atoms with Gasteiger partial charge < -0.3 is 24.4 Å². The molecule has 0 amide bonds. The lowest BCUT2D eigenvalue weighted by molar-refractivity contribution is 0.170.